The van der Waals surface area contributed by atoms with E-state index in [0.717, 1.165) is 18.4 Å². The van der Waals surface area contributed by atoms with Gasteiger partial charge in [-0.3, -0.25) is 4.79 Å². The minimum absolute atomic E-state index is 0. The molecule has 0 N–H and O–H groups in total. The average molecular weight is 280 g/mol. The van der Waals surface area contributed by atoms with Gasteiger partial charge in [0.15, 0.2) is 0 Å². The molecule has 0 aromatic rings. The summed E-state index contributed by atoms with van der Waals surface area (Å²) in [6.45, 7) is 12.8. The van der Waals surface area contributed by atoms with Crippen molar-refractivity contribution in [3.63, 3.8) is 0 Å². The van der Waals surface area contributed by atoms with E-state index in [1.54, 1.807) is 6.92 Å². The van der Waals surface area contributed by atoms with Crippen LogP contribution in [0.1, 0.15) is 13.8 Å². The normalized spacial score (nSPS) is 6.63. The maximum absolute atomic E-state index is 10.1. The summed E-state index contributed by atoms with van der Waals surface area (Å²) in [7, 11) is 0. The van der Waals surface area contributed by atoms with Crippen LogP contribution in [-0.2, 0) is 23.9 Å². The van der Waals surface area contributed by atoms with Crippen molar-refractivity contribution in [1.29, 1.82) is 0 Å². The topological polar surface area (TPSA) is 92.7 Å². The summed E-state index contributed by atoms with van der Waals surface area (Å²) in [6.07, 6.45) is 2.96. The van der Waals surface area contributed by atoms with Crippen molar-refractivity contribution in [3.8, 4) is 0 Å². The van der Waals surface area contributed by atoms with Crippen LogP contribution in [0.15, 0.2) is 38.2 Å². The van der Waals surface area contributed by atoms with E-state index < -0.39 is 5.97 Å². The van der Waals surface area contributed by atoms with Gasteiger partial charge in [0, 0.05) is 13.0 Å². The SMILES string of the molecule is C=CC(=O)OCC.C=CC(=O)[O-].C=COC(C)=O.[Na+]. The molecule has 0 rings (SSSR count). The standard InChI is InChI=1S/C5H8O2.C4H6O2.C3H4O2.Na/c1-3-5(6)7-4-2;1-3-6-4(2)5;1-2-3(4)5;/h3H,1,4H2,2H3;3H,1H2,2H3;2H,1H2,(H,4,5);/q;;;+1/p-1. The summed E-state index contributed by atoms with van der Waals surface area (Å²) in [6, 6.07) is 0. The first-order valence-electron chi connectivity index (χ1n) is 4.76. The molecule has 0 aliphatic carbocycles. The van der Waals surface area contributed by atoms with Crippen LogP contribution in [0.25, 0.3) is 0 Å². The molecule has 0 aromatic heterocycles. The van der Waals surface area contributed by atoms with Gasteiger partial charge in [-0.05, 0) is 13.0 Å². The Hall–Kier alpha value is -1.37. The van der Waals surface area contributed by atoms with Crippen molar-refractivity contribution in [1.82, 2.24) is 0 Å². The number of carboxylic acid groups (broad SMARTS) is 1. The number of carboxylic acids is 1. The minimum atomic E-state index is -1.23. The van der Waals surface area contributed by atoms with E-state index in [1.165, 1.54) is 6.92 Å². The fourth-order valence-electron chi connectivity index (χ4n) is 0.319. The van der Waals surface area contributed by atoms with Gasteiger partial charge in [0.2, 0.25) is 0 Å². The van der Waals surface area contributed by atoms with Crippen LogP contribution >= 0.6 is 0 Å². The van der Waals surface area contributed by atoms with Crippen LogP contribution in [-0.4, -0.2) is 24.5 Å². The Balaban J connectivity index is -0.0000000878. The predicted molar refractivity (Wildman–Crippen MR) is 64.0 cm³/mol. The van der Waals surface area contributed by atoms with Gasteiger partial charge in [-0.2, -0.15) is 0 Å². The molecule has 7 heteroatoms. The zero-order valence-electron chi connectivity index (χ0n) is 11.5. The Bertz CT molecular complexity index is 299. The Morgan fingerprint density at radius 1 is 1.16 bits per heavy atom. The van der Waals surface area contributed by atoms with Gasteiger partial charge in [-0.1, -0.05) is 19.7 Å². The molecule has 0 aliphatic rings. The van der Waals surface area contributed by atoms with Crippen molar-refractivity contribution in [2.75, 3.05) is 6.61 Å². The number of carbonyl (C=O) groups excluding carboxylic acids is 3. The van der Waals surface area contributed by atoms with Crippen LogP contribution in [0, 0.1) is 0 Å². The van der Waals surface area contributed by atoms with E-state index in [1.807, 2.05) is 0 Å². The number of hydrogen-bond donors (Lipinski definition) is 0. The molecule has 6 nitrogen and oxygen atoms in total. The number of rotatable bonds is 4. The molecule has 0 spiro atoms. The fourth-order valence-corrected chi connectivity index (χ4v) is 0.319. The smallest absolute Gasteiger partial charge is 0.545 e. The van der Waals surface area contributed by atoms with E-state index in [-0.39, 0.29) is 41.5 Å². The van der Waals surface area contributed by atoms with Crippen LogP contribution < -0.4 is 34.7 Å². The number of hydrogen-bond acceptors (Lipinski definition) is 6. The molecule has 0 saturated carbocycles. The van der Waals surface area contributed by atoms with Crippen LogP contribution in [0.4, 0.5) is 0 Å². The molecule has 0 heterocycles. The van der Waals surface area contributed by atoms with E-state index >= 15 is 0 Å². The third kappa shape index (κ3) is 47.8. The second-order valence-electron chi connectivity index (χ2n) is 2.26. The number of carbonyl (C=O) groups is 3. The first-order chi connectivity index (χ1) is 8.35. The van der Waals surface area contributed by atoms with E-state index in [9.17, 15) is 9.59 Å². The molecule has 0 aliphatic heterocycles. The largest absolute Gasteiger partial charge is 1.00 e. The van der Waals surface area contributed by atoms with E-state index in [4.69, 9.17) is 9.90 Å². The maximum atomic E-state index is 10.1. The molecule has 102 valence electrons. The van der Waals surface area contributed by atoms with Crippen molar-refractivity contribution < 1.29 is 58.5 Å². The van der Waals surface area contributed by atoms with E-state index in [2.05, 4.69) is 29.2 Å². The van der Waals surface area contributed by atoms with Crippen molar-refractivity contribution in [2.45, 2.75) is 13.8 Å². The van der Waals surface area contributed by atoms with Crippen LogP contribution in [0.5, 0.6) is 0 Å². The Labute approximate surface area is 135 Å². The molecule has 0 amide bonds. The zero-order valence-corrected chi connectivity index (χ0v) is 13.5. The Morgan fingerprint density at radius 2 is 1.58 bits per heavy atom. The number of aliphatic carboxylic acids is 1. The molecule has 0 bridgehead atoms. The number of ether oxygens (including phenoxy) is 2. The molecule has 0 atom stereocenters. The molecule has 0 aromatic carbocycles. The molecule has 0 fully saturated rings. The quantitative estimate of drug-likeness (QED) is 0.242. The zero-order chi connectivity index (χ0) is 15.0. The predicted octanol–water partition coefficient (Wildman–Crippen LogP) is -2.65. The summed E-state index contributed by atoms with van der Waals surface area (Å²) < 4.78 is 8.60. The average Bonchev–Trinajstić information content (AvgIpc) is 2.30. The van der Waals surface area contributed by atoms with Gasteiger partial charge in [0.25, 0.3) is 0 Å². The first-order valence-corrected chi connectivity index (χ1v) is 4.76. The first kappa shape index (κ1) is 26.2. The summed E-state index contributed by atoms with van der Waals surface area (Å²) >= 11 is 0. The van der Waals surface area contributed by atoms with Gasteiger partial charge in [0.1, 0.15) is 0 Å². The van der Waals surface area contributed by atoms with Crippen molar-refractivity contribution >= 4 is 17.9 Å². The van der Waals surface area contributed by atoms with Gasteiger partial charge in [0.05, 0.1) is 18.8 Å². The summed E-state index contributed by atoms with van der Waals surface area (Å²) in [5.41, 5.74) is 0. The van der Waals surface area contributed by atoms with Crippen LogP contribution in [0.2, 0.25) is 0 Å². The summed E-state index contributed by atoms with van der Waals surface area (Å²) in [4.78, 5) is 29.0. The van der Waals surface area contributed by atoms with E-state index in [0.29, 0.717) is 6.61 Å². The third-order valence-electron chi connectivity index (χ3n) is 0.869. The summed E-state index contributed by atoms with van der Waals surface area (Å²) in [5.74, 6) is -1.92. The minimum Gasteiger partial charge on any atom is -0.545 e. The van der Waals surface area contributed by atoms with Gasteiger partial charge in [-0.15, -0.1) is 0 Å². The van der Waals surface area contributed by atoms with Crippen LogP contribution in [0.3, 0.4) is 0 Å². The molecular formula is C12H17NaO6. The fraction of sp³-hybridized carbons (Fsp3) is 0.250. The molecule has 0 unspecified atom stereocenters. The second-order valence-corrected chi connectivity index (χ2v) is 2.26. The van der Waals surface area contributed by atoms with Gasteiger partial charge in [-0.25, -0.2) is 4.79 Å². The van der Waals surface area contributed by atoms with Crippen molar-refractivity contribution in [2.24, 2.45) is 0 Å². The van der Waals surface area contributed by atoms with Gasteiger partial charge >= 0.3 is 41.5 Å². The molecule has 0 saturated heterocycles. The van der Waals surface area contributed by atoms with Gasteiger partial charge < -0.3 is 19.4 Å². The second kappa shape index (κ2) is 21.9. The molecule has 19 heavy (non-hydrogen) atoms. The van der Waals surface area contributed by atoms with Crippen molar-refractivity contribution in [3.05, 3.63) is 38.2 Å². The molecular weight excluding hydrogens is 263 g/mol. The summed E-state index contributed by atoms with van der Waals surface area (Å²) in [5, 5.41) is 9.14. The Morgan fingerprint density at radius 3 is 1.63 bits per heavy atom. The Kier molecular flexibility index (Phi) is 30.2. The number of esters is 2. The molecule has 0 radical (unpaired) electrons. The third-order valence-corrected chi connectivity index (χ3v) is 0.869. The monoisotopic (exact) mass is 280 g/mol. The maximum Gasteiger partial charge on any atom is 1.00 e.